The zero-order chi connectivity index (χ0) is 16.9. The van der Waals surface area contributed by atoms with Crippen molar-refractivity contribution in [3.63, 3.8) is 0 Å². The fraction of sp³-hybridized carbons (Fsp3) is 0.333. The Morgan fingerprint density at radius 3 is 2.54 bits per heavy atom. The lowest BCUT2D eigenvalue weighted by Crippen LogP contribution is -2.51. The standard InChI is InChI=1S/C18H22ClN5/c1-14-3-2-8-21-17(14)13-22-18(20)24-11-9-23(10-12-24)16-6-4-15(19)5-7-16/h2-8H,9-13H2,1H3,(H2,20,22). The number of aliphatic imine (C=N–C) groups is 1. The van der Waals surface area contributed by atoms with E-state index >= 15 is 0 Å². The second kappa shape index (κ2) is 7.53. The summed E-state index contributed by atoms with van der Waals surface area (Å²) in [5, 5.41) is 0.763. The molecule has 3 rings (SSSR count). The minimum absolute atomic E-state index is 0.524. The summed E-state index contributed by atoms with van der Waals surface area (Å²) >= 11 is 5.95. The van der Waals surface area contributed by atoms with E-state index in [4.69, 9.17) is 17.3 Å². The first-order valence-electron chi connectivity index (χ1n) is 8.09. The molecule has 0 bridgehead atoms. The van der Waals surface area contributed by atoms with Crippen LogP contribution in [-0.4, -0.2) is 42.0 Å². The van der Waals surface area contributed by atoms with Crippen molar-refractivity contribution in [3.05, 3.63) is 58.9 Å². The van der Waals surface area contributed by atoms with E-state index in [9.17, 15) is 0 Å². The molecule has 0 spiro atoms. The number of guanidine groups is 1. The molecule has 0 radical (unpaired) electrons. The van der Waals surface area contributed by atoms with Gasteiger partial charge in [0.2, 0.25) is 0 Å². The Balaban J connectivity index is 1.56. The normalized spacial score (nSPS) is 15.7. The van der Waals surface area contributed by atoms with Gasteiger partial charge in [0.15, 0.2) is 5.96 Å². The summed E-state index contributed by atoms with van der Waals surface area (Å²) in [7, 11) is 0. The van der Waals surface area contributed by atoms with Crippen LogP contribution in [0.25, 0.3) is 0 Å². The van der Waals surface area contributed by atoms with Gasteiger partial charge in [0.25, 0.3) is 0 Å². The average Bonchev–Trinajstić information content (AvgIpc) is 2.62. The quantitative estimate of drug-likeness (QED) is 0.687. The summed E-state index contributed by atoms with van der Waals surface area (Å²) in [6.45, 7) is 6.12. The fourth-order valence-corrected chi connectivity index (χ4v) is 2.91. The first-order valence-corrected chi connectivity index (χ1v) is 8.47. The van der Waals surface area contributed by atoms with Gasteiger partial charge in [0, 0.05) is 43.1 Å². The Morgan fingerprint density at radius 1 is 1.17 bits per heavy atom. The molecule has 2 N–H and O–H groups in total. The predicted molar refractivity (Wildman–Crippen MR) is 99.5 cm³/mol. The molecule has 0 saturated carbocycles. The second-order valence-corrected chi connectivity index (χ2v) is 6.33. The fourth-order valence-electron chi connectivity index (χ4n) is 2.79. The van der Waals surface area contributed by atoms with Crippen molar-refractivity contribution >= 4 is 23.2 Å². The van der Waals surface area contributed by atoms with Crippen LogP contribution >= 0.6 is 11.6 Å². The molecule has 126 valence electrons. The molecular weight excluding hydrogens is 322 g/mol. The van der Waals surface area contributed by atoms with E-state index in [1.807, 2.05) is 31.2 Å². The minimum atomic E-state index is 0.524. The molecule has 0 amide bonds. The third kappa shape index (κ3) is 3.97. The maximum absolute atomic E-state index is 6.16. The third-order valence-corrected chi connectivity index (χ3v) is 4.56. The van der Waals surface area contributed by atoms with E-state index < -0.39 is 0 Å². The van der Waals surface area contributed by atoms with Crippen molar-refractivity contribution in [2.75, 3.05) is 31.1 Å². The van der Waals surface area contributed by atoms with Crippen LogP contribution in [0.4, 0.5) is 5.69 Å². The average molecular weight is 344 g/mol. The smallest absolute Gasteiger partial charge is 0.191 e. The van der Waals surface area contributed by atoms with Gasteiger partial charge in [-0.05, 0) is 42.8 Å². The van der Waals surface area contributed by atoms with Gasteiger partial charge in [-0.3, -0.25) is 4.98 Å². The van der Waals surface area contributed by atoms with E-state index in [2.05, 4.69) is 31.9 Å². The van der Waals surface area contributed by atoms with Crippen molar-refractivity contribution in [3.8, 4) is 0 Å². The molecular formula is C18H22ClN5. The van der Waals surface area contributed by atoms with Gasteiger partial charge in [0.1, 0.15) is 0 Å². The van der Waals surface area contributed by atoms with Gasteiger partial charge in [-0.1, -0.05) is 17.7 Å². The Morgan fingerprint density at radius 2 is 1.88 bits per heavy atom. The number of halogens is 1. The van der Waals surface area contributed by atoms with Crippen LogP contribution in [-0.2, 0) is 6.54 Å². The van der Waals surface area contributed by atoms with Gasteiger partial charge in [-0.25, -0.2) is 4.99 Å². The highest BCUT2D eigenvalue weighted by molar-refractivity contribution is 6.30. The first kappa shape index (κ1) is 16.6. The predicted octanol–water partition coefficient (Wildman–Crippen LogP) is 2.68. The number of piperazine rings is 1. The summed E-state index contributed by atoms with van der Waals surface area (Å²) in [5.74, 6) is 0.593. The number of hydrogen-bond acceptors (Lipinski definition) is 3. The zero-order valence-corrected chi connectivity index (χ0v) is 14.6. The van der Waals surface area contributed by atoms with Crippen molar-refractivity contribution in [2.24, 2.45) is 10.7 Å². The van der Waals surface area contributed by atoms with Gasteiger partial charge in [-0.2, -0.15) is 0 Å². The summed E-state index contributed by atoms with van der Waals surface area (Å²) in [4.78, 5) is 13.3. The number of aryl methyl sites for hydroxylation is 1. The summed E-state index contributed by atoms with van der Waals surface area (Å²) in [6, 6.07) is 11.9. The molecule has 1 aromatic heterocycles. The molecule has 0 unspecified atom stereocenters. The SMILES string of the molecule is Cc1cccnc1CN=C(N)N1CCN(c2ccc(Cl)cc2)CC1. The number of rotatable bonds is 3. The molecule has 1 aromatic carbocycles. The van der Waals surface area contributed by atoms with E-state index in [1.54, 1.807) is 6.20 Å². The Hall–Kier alpha value is -2.27. The Bertz CT molecular complexity index is 706. The van der Waals surface area contributed by atoms with Gasteiger partial charge in [-0.15, -0.1) is 0 Å². The number of hydrogen-bond donors (Lipinski definition) is 1. The van der Waals surface area contributed by atoms with Gasteiger partial charge in [0.05, 0.1) is 12.2 Å². The van der Waals surface area contributed by atoms with Crippen molar-refractivity contribution in [1.82, 2.24) is 9.88 Å². The Labute approximate surface area is 147 Å². The van der Waals surface area contributed by atoms with E-state index in [0.717, 1.165) is 42.5 Å². The lowest BCUT2D eigenvalue weighted by atomic mass is 10.2. The van der Waals surface area contributed by atoms with Crippen LogP contribution in [0.5, 0.6) is 0 Å². The van der Waals surface area contributed by atoms with E-state index in [0.29, 0.717) is 12.5 Å². The highest BCUT2D eigenvalue weighted by atomic mass is 35.5. The van der Waals surface area contributed by atoms with Crippen LogP contribution in [0.1, 0.15) is 11.3 Å². The molecule has 6 heteroatoms. The lowest BCUT2D eigenvalue weighted by molar-refractivity contribution is 0.380. The number of nitrogens with two attached hydrogens (primary N) is 1. The number of anilines is 1. The molecule has 1 aliphatic rings. The monoisotopic (exact) mass is 343 g/mol. The van der Waals surface area contributed by atoms with Crippen molar-refractivity contribution in [2.45, 2.75) is 13.5 Å². The molecule has 0 atom stereocenters. The van der Waals surface area contributed by atoms with E-state index in [-0.39, 0.29) is 0 Å². The van der Waals surface area contributed by atoms with Crippen LogP contribution < -0.4 is 10.6 Å². The number of nitrogens with zero attached hydrogens (tertiary/aromatic N) is 4. The van der Waals surface area contributed by atoms with Gasteiger partial charge >= 0.3 is 0 Å². The van der Waals surface area contributed by atoms with Crippen LogP contribution in [0, 0.1) is 6.92 Å². The molecule has 24 heavy (non-hydrogen) atoms. The van der Waals surface area contributed by atoms with Gasteiger partial charge < -0.3 is 15.5 Å². The molecule has 0 aliphatic carbocycles. The van der Waals surface area contributed by atoms with E-state index in [1.165, 1.54) is 5.69 Å². The molecule has 1 aliphatic heterocycles. The molecule has 2 heterocycles. The summed E-state index contributed by atoms with van der Waals surface area (Å²) in [6.07, 6.45) is 1.79. The van der Waals surface area contributed by atoms with Crippen molar-refractivity contribution in [1.29, 1.82) is 0 Å². The van der Waals surface area contributed by atoms with Crippen molar-refractivity contribution < 1.29 is 0 Å². The summed E-state index contributed by atoms with van der Waals surface area (Å²) < 4.78 is 0. The minimum Gasteiger partial charge on any atom is -0.370 e. The first-order chi connectivity index (χ1) is 11.6. The molecule has 1 saturated heterocycles. The third-order valence-electron chi connectivity index (χ3n) is 4.30. The van der Waals surface area contributed by atoms with Crippen LogP contribution in [0.2, 0.25) is 5.02 Å². The number of pyridine rings is 1. The lowest BCUT2D eigenvalue weighted by Gasteiger charge is -2.36. The van der Waals surface area contributed by atoms with Crippen LogP contribution in [0.3, 0.4) is 0 Å². The largest absolute Gasteiger partial charge is 0.370 e. The number of benzene rings is 1. The summed E-state index contributed by atoms with van der Waals surface area (Å²) in [5.41, 5.74) is 9.47. The maximum Gasteiger partial charge on any atom is 0.191 e. The molecule has 2 aromatic rings. The maximum atomic E-state index is 6.16. The second-order valence-electron chi connectivity index (χ2n) is 5.89. The highest BCUT2D eigenvalue weighted by Gasteiger charge is 2.18. The number of aromatic nitrogens is 1. The molecule has 1 fully saturated rings. The highest BCUT2D eigenvalue weighted by Crippen LogP contribution is 2.19. The molecule has 5 nitrogen and oxygen atoms in total. The Kier molecular flexibility index (Phi) is 5.20. The van der Waals surface area contributed by atoms with Crippen LogP contribution in [0.15, 0.2) is 47.6 Å². The topological polar surface area (TPSA) is 57.8 Å². The zero-order valence-electron chi connectivity index (χ0n) is 13.8.